The highest BCUT2D eigenvalue weighted by Gasteiger charge is 2.11. The van der Waals surface area contributed by atoms with Gasteiger partial charge in [0.2, 0.25) is 0 Å². The van der Waals surface area contributed by atoms with Crippen molar-refractivity contribution in [3.05, 3.63) is 35.5 Å². The molecule has 23 heavy (non-hydrogen) atoms. The molecule has 0 saturated heterocycles. The van der Waals surface area contributed by atoms with Crippen LogP contribution in [0.3, 0.4) is 0 Å². The lowest BCUT2D eigenvalue weighted by molar-refractivity contribution is 0.295. The summed E-state index contributed by atoms with van der Waals surface area (Å²) < 4.78 is 0. The Morgan fingerprint density at radius 1 is 1.13 bits per heavy atom. The van der Waals surface area contributed by atoms with Crippen LogP contribution in [-0.2, 0) is 0 Å². The summed E-state index contributed by atoms with van der Waals surface area (Å²) in [7, 11) is 0. The van der Waals surface area contributed by atoms with E-state index >= 15 is 0 Å². The number of benzene rings is 1. The lowest BCUT2D eigenvalue weighted by Crippen LogP contribution is -2.25. The van der Waals surface area contributed by atoms with Crippen molar-refractivity contribution < 1.29 is 0 Å². The number of hydrogen-bond acceptors (Lipinski definition) is 3. The third-order valence-corrected chi connectivity index (χ3v) is 4.69. The van der Waals surface area contributed by atoms with Crippen LogP contribution in [0.4, 0.5) is 5.69 Å². The minimum Gasteiger partial charge on any atom is -0.382 e. The Balaban J connectivity index is 2.07. The second-order valence-corrected chi connectivity index (χ2v) is 6.50. The molecule has 3 heteroatoms. The van der Waals surface area contributed by atoms with Gasteiger partial charge in [-0.2, -0.15) is 0 Å². The fourth-order valence-corrected chi connectivity index (χ4v) is 3.18. The first-order valence-electron chi connectivity index (χ1n) is 8.90. The van der Waals surface area contributed by atoms with Crippen molar-refractivity contribution in [3.8, 4) is 0 Å². The Hall–Kier alpha value is -1.61. The average Bonchev–Trinajstić information content (AvgIpc) is 2.54. The van der Waals surface area contributed by atoms with Gasteiger partial charge in [0.25, 0.3) is 0 Å². The summed E-state index contributed by atoms with van der Waals surface area (Å²) in [5.41, 5.74) is 4.84. The van der Waals surface area contributed by atoms with E-state index in [9.17, 15) is 0 Å². The van der Waals surface area contributed by atoms with Crippen molar-refractivity contribution in [2.24, 2.45) is 0 Å². The third kappa shape index (κ3) is 4.44. The Morgan fingerprint density at radius 3 is 2.57 bits per heavy atom. The fraction of sp³-hybridized carbons (Fsp3) is 0.550. The van der Waals surface area contributed by atoms with E-state index in [1.807, 2.05) is 6.20 Å². The molecule has 126 valence electrons. The van der Waals surface area contributed by atoms with Crippen LogP contribution in [0.1, 0.15) is 44.7 Å². The molecule has 0 saturated carbocycles. The highest BCUT2D eigenvalue weighted by atomic mass is 15.1. The van der Waals surface area contributed by atoms with E-state index in [4.69, 9.17) is 0 Å². The van der Waals surface area contributed by atoms with Gasteiger partial charge in [-0.05, 0) is 70.4 Å². The van der Waals surface area contributed by atoms with E-state index in [0.717, 1.165) is 18.6 Å². The van der Waals surface area contributed by atoms with Crippen LogP contribution in [0.15, 0.2) is 24.4 Å². The van der Waals surface area contributed by atoms with Gasteiger partial charge < -0.3 is 10.2 Å². The van der Waals surface area contributed by atoms with Crippen molar-refractivity contribution in [2.45, 2.75) is 53.5 Å². The maximum atomic E-state index is 4.57. The summed E-state index contributed by atoms with van der Waals surface area (Å²) in [5.74, 6) is 0. The number of pyridine rings is 1. The molecule has 0 aliphatic rings. The molecule has 0 aliphatic heterocycles. The van der Waals surface area contributed by atoms with Gasteiger partial charge in [-0.1, -0.05) is 26.0 Å². The SMILES string of the molecule is CCN(CC)CCC[C@@H](C)Nc1c(C)cnc2cccc(C)c12. The predicted octanol–water partition coefficient (Wildman–Crippen LogP) is 4.77. The highest BCUT2D eigenvalue weighted by molar-refractivity contribution is 5.95. The van der Waals surface area contributed by atoms with E-state index in [2.05, 4.69) is 68.0 Å². The maximum Gasteiger partial charge on any atom is 0.0725 e. The molecule has 2 rings (SSSR count). The van der Waals surface area contributed by atoms with Crippen LogP contribution in [-0.4, -0.2) is 35.6 Å². The number of aryl methyl sites for hydroxylation is 2. The summed E-state index contributed by atoms with van der Waals surface area (Å²) in [6.07, 6.45) is 4.40. The molecule has 0 unspecified atom stereocenters. The normalized spacial score (nSPS) is 12.8. The second kappa shape index (κ2) is 8.30. The van der Waals surface area contributed by atoms with Crippen LogP contribution in [0, 0.1) is 13.8 Å². The third-order valence-electron chi connectivity index (χ3n) is 4.69. The Labute approximate surface area is 141 Å². The predicted molar refractivity (Wildman–Crippen MR) is 101 cm³/mol. The molecule has 0 aliphatic carbocycles. The molecule has 2 aromatic rings. The number of anilines is 1. The molecule has 1 N–H and O–H groups in total. The molecular formula is C20H31N3. The smallest absolute Gasteiger partial charge is 0.0725 e. The summed E-state index contributed by atoms with van der Waals surface area (Å²) in [6, 6.07) is 6.81. The zero-order chi connectivity index (χ0) is 16.8. The van der Waals surface area contributed by atoms with Gasteiger partial charge >= 0.3 is 0 Å². The van der Waals surface area contributed by atoms with Gasteiger partial charge in [0.1, 0.15) is 0 Å². The van der Waals surface area contributed by atoms with Gasteiger partial charge in [-0.25, -0.2) is 0 Å². The van der Waals surface area contributed by atoms with Crippen molar-refractivity contribution >= 4 is 16.6 Å². The topological polar surface area (TPSA) is 28.2 Å². The molecule has 0 bridgehead atoms. The summed E-state index contributed by atoms with van der Waals surface area (Å²) in [5, 5.41) is 5.01. The lowest BCUT2D eigenvalue weighted by atomic mass is 10.0. The average molecular weight is 313 g/mol. The monoisotopic (exact) mass is 313 g/mol. The summed E-state index contributed by atoms with van der Waals surface area (Å²) in [4.78, 5) is 7.06. The minimum atomic E-state index is 0.467. The van der Waals surface area contributed by atoms with Gasteiger partial charge in [0.05, 0.1) is 5.52 Å². The fourth-order valence-electron chi connectivity index (χ4n) is 3.18. The molecule has 1 aromatic heterocycles. The zero-order valence-electron chi connectivity index (χ0n) is 15.3. The van der Waals surface area contributed by atoms with E-state index in [1.165, 1.54) is 41.6 Å². The van der Waals surface area contributed by atoms with E-state index in [-0.39, 0.29) is 0 Å². The van der Waals surface area contributed by atoms with Crippen LogP contribution in [0.25, 0.3) is 10.9 Å². The van der Waals surface area contributed by atoms with Gasteiger partial charge in [-0.15, -0.1) is 0 Å². The van der Waals surface area contributed by atoms with E-state index in [1.54, 1.807) is 0 Å². The Kier molecular flexibility index (Phi) is 6.40. The number of hydrogen-bond donors (Lipinski definition) is 1. The number of aromatic nitrogens is 1. The number of rotatable bonds is 8. The second-order valence-electron chi connectivity index (χ2n) is 6.50. The first-order chi connectivity index (χ1) is 11.1. The molecule has 3 nitrogen and oxygen atoms in total. The van der Waals surface area contributed by atoms with E-state index < -0.39 is 0 Å². The molecule has 1 heterocycles. The molecule has 0 spiro atoms. The quantitative estimate of drug-likeness (QED) is 0.760. The molecule has 1 aromatic carbocycles. The highest BCUT2D eigenvalue weighted by Crippen LogP contribution is 2.29. The Bertz CT molecular complexity index is 632. The van der Waals surface area contributed by atoms with Crippen LogP contribution >= 0.6 is 0 Å². The van der Waals surface area contributed by atoms with E-state index in [0.29, 0.717) is 6.04 Å². The van der Waals surface area contributed by atoms with Crippen molar-refractivity contribution in [2.75, 3.05) is 25.0 Å². The summed E-state index contributed by atoms with van der Waals surface area (Å²) >= 11 is 0. The van der Waals surface area contributed by atoms with Gasteiger partial charge in [-0.3, -0.25) is 4.98 Å². The van der Waals surface area contributed by atoms with Crippen LogP contribution in [0.5, 0.6) is 0 Å². The number of nitrogens with zero attached hydrogens (tertiary/aromatic N) is 2. The molecule has 1 atom stereocenters. The molecular weight excluding hydrogens is 282 g/mol. The number of fused-ring (bicyclic) bond motifs is 1. The molecule has 0 radical (unpaired) electrons. The minimum absolute atomic E-state index is 0.467. The van der Waals surface area contributed by atoms with Crippen molar-refractivity contribution in [1.29, 1.82) is 0 Å². The number of nitrogens with one attached hydrogen (secondary N) is 1. The van der Waals surface area contributed by atoms with Crippen LogP contribution < -0.4 is 5.32 Å². The largest absolute Gasteiger partial charge is 0.382 e. The standard InChI is InChI=1S/C20H31N3/c1-6-23(7-2)13-9-11-17(5)22-20-16(4)14-21-18-12-8-10-15(3)19(18)20/h8,10,12,14,17H,6-7,9,11,13H2,1-5H3,(H,21,22)/t17-/m1/s1. The van der Waals surface area contributed by atoms with Crippen molar-refractivity contribution in [3.63, 3.8) is 0 Å². The Morgan fingerprint density at radius 2 is 1.87 bits per heavy atom. The molecule has 0 fully saturated rings. The first kappa shape index (κ1) is 17.7. The van der Waals surface area contributed by atoms with Crippen molar-refractivity contribution in [1.82, 2.24) is 9.88 Å². The maximum absolute atomic E-state index is 4.57. The first-order valence-corrected chi connectivity index (χ1v) is 8.90. The van der Waals surface area contributed by atoms with Gasteiger partial charge in [0.15, 0.2) is 0 Å². The summed E-state index contributed by atoms with van der Waals surface area (Å²) in [6.45, 7) is 14.5. The van der Waals surface area contributed by atoms with Gasteiger partial charge in [0, 0.05) is 23.3 Å². The van der Waals surface area contributed by atoms with Crippen LogP contribution in [0.2, 0.25) is 0 Å². The lowest BCUT2D eigenvalue weighted by Gasteiger charge is -2.22. The molecule has 0 amide bonds. The zero-order valence-corrected chi connectivity index (χ0v) is 15.3.